The Morgan fingerprint density at radius 1 is 1.47 bits per heavy atom. The molecule has 1 rings (SSSR count). The van der Waals surface area contributed by atoms with E-state index in [1.165, 1.54) is 0 Å². The third-order valence-corrected chi connectivity index (χ3v) is 3.25. The van der Waals surface area contributed by atoms with Gasteiger partial charge in [-0.15, -0.1) is 0 Å². The molecule has 0 radical (unpaired) electrons. The summed E-state index contributed by atoms with van der Waals surface area (Å²) in [4.78, 5) is 11.7. The molecule has 94 valence electrons. The van der Waals surface area contributed by atoms with E-state index in [1.807, 2.05) is 6.92 Å². The van der Waals surface area contributed by atoms with E-state index in [0.29, 0.717) is 22.2 Å². The maximum atomic E-state index is 11.7. The van der Waals surface area contributed by atoms with E-state index in [-0.39, 0.29) is 5.91 Å². The average Bonchev–Trinajstić information content (AvgIpc) is 2.23. The van der Waals surface area contributed by atoms with Crippen LogP contribution in [0.15, 0.2) is 16.6 Å². The fraction of sp³-hybridized carbons (Fsp3) is 0.364. The van der Waals surface area contributed by atoms with Crippen molar-refractivity contribution in [1.82, 2.24) is 0 Å². The number of amides is 1. The highest BCUT2D eigenvalue weighted by atomic mass is 79.9. The van der Waals surface area contributed by atoms with E-state index in [0.717, 1.165) is 10.9 Å². The topological polar surface area (TPSA) is 55.1 Å². The standard InChI is InChI=1S/C11H13BrCl2N2O/c1-2-3-9(15)11(17)16-10-7(13)4-6(12)5-8(10)14/h4-5,9H,2-3,15H2,1H3,(H,16,17)/t9-/m1/s1. The van der Waals surface area contributed by atoms with Crippen molar-refractivity contribution in [1.29, 1.82) is 0 Å². The summed E-state index contributed by atoms with van der Waals surface area (Å²) in [5.74, 6) is -0.280. The van der Waals surface area contributed by atoms with E-state index in [1.54, 1.807) is 12.1 Å². The third kappa shape index (κ3) is 4.14. The first-order chi connectivity index (χ1) is 7.95. The first-order valence-electron chi connectivity index (χ1n) is 5.16. The lowest BCUT2D eigenvalue weighted by atomic mass is 10.1. The lowest BCUT2D eigenvalue weighted by Gasteiger charge is -2.13. The van der Waals surface area contributed by atoms with Crippen LogP contribution in [0.1, 0.15) is 19.8 Å². The first kappa shape index (κ1) is 14.8. The summed E-state index contributed by atoms with van der Waals surface area (Å²) < 4.78 is 0.753. The zero-order chi connectivity index (χ0) is 13.0. The van der Waals surface area contributed by atoms with Gasteiger partial charge in [0.25, 0.3) is 0 Å². The number of nitrogens with one attached hydrogen (secondary N) is 1. The Labute approximate surface area is 119 Å². The summed E-state index contributed by atoms with van der Waals surface area (Å²) in [5, 5.41) is 3.39. The van der Waals surface area contributed by atoms with Gasteiger partial charge in [0.1, 0.15) is 0 Å². The molecule has 1 aromatic rings. The van der Waals surface area contributed by atoms with Gasteiger partial charge in [-0.25, -0.2) is 0 Å². The minimum Gasteiger partial charge on any atom is -0.322 e. The van der Waals surface area contributed by atoms with Gasteiger partial charge in [0.2, 0.25) is 5.91 Å². The number of hydrogen-bond acceptors (Lipinski definition) is 2. The Hall–Kier alpha value is -0.290. The SMILES string of the molecule is CCC[C@@H](N)C(=O)Nc1c(Cl)cc(Br)cc1Cl. The van der Waals surface area contributed by atoms with E-state index in [4.69, 9.17) is 28.9 Å². The van der Waals surface area contributed by atoms with Crippen LogP contribution in [0.5, 0.6) is 0 Å². The monoisotopic (exact) mass is 338 g/mol. The molecule has 0 spiro atoms. The molecule has 0 bridgehead atoms. The zero-order valence-electron chi connectivity index (χ0n) is 9.27. The smallest absolute Gasteiger partial charge is 0.241 e. The first-order valence-corrected chi connectivity index (χ1v) is 6.71. The minimum atomic E-state index is -0.546. The molecule has 0 aliphatic heterocycles. The number of halogens is 3. The van der Waals surface area contributed by atoms with Gasteiger partial charge in [-0.3, -0.25) is 4.79 Å². The molecule has 0 aliphatic carbocycles. The predicted octanol–water partition coefficient (Wildman–Crippen LogP) is 3.82. The summed E-state index contributed by atoms with van der Waals surface area (Å²) in [6.45, 7) is 1.97. The number of carbonyl (C=O) groups is 1. The largest absolute Gasteiger partial charge is 0.322 e. The second-order valence-corrected chi connectivity index (χ2v) is 5.36. The fourth-order valence-electron chi connectivity index (χ4n) is 1.32. The maximum absolute atomic E-state index is 11.7. The Balaban J connectivity index is 2.85. The van der Waals surface area contributed by atoms with Gasteiger partial charge >= 0.3 is 0 Å². The summed E-state index contributed by atoms with van der Waals surface area (Å²) in [6.07, 6.45) is 1.47. The fourth-order valence-corrected chi connectivity index (χ4v) is 2.62. The van der Waals surface area contributed by atoms with Crippen LogP contribution < -0.4 is 11.1 Å². The molecule has 1 atom stereocenters. The van der Waals surface area contributed by atoms with Crippen LogP contribution in [0.3, 0.4) is 0 Å². The number of anilines is 1. The predicted molar refractivity (Wildman–Crippen MR) is 75.7 cm³/mol. The van der Waals surface area contributed by atoms with Gasteiger partial charge in [0, 0.05) is 4.47 Å². The number of nitrogens with two attached hydrogens (primary N) is 1. The van der Waals surface area contributed by atoms with Crippen molar-refractivity contribution < 1.29 is 4.79 Å². The van der Waals surface area contributed by atoms with Gasteiger partial charge in [0.15, 0.2) is 0 Å². The van der Waals surface area contributed by atoms with Gasteiger partial charge in [-0.1, -0.05) is 52.5 Å². The van der Waals surface area contributed by atoms with Crippen molar-refractivity contribution in [3.63, 3.8) is 0 Å². The van der Waals surface area contributed by atoms with Crippen LogP contribution in [0.25, 0.3) is 0 Å². The number of carbonyl (C=O) groups excluding carboxylic acids is 1. The molecule has 17 heavy (non-hydrogen) atoms. The highest BCUT2D eigenvalue weighted by Crippen LogP contribution is 2.33. The van der Waals surface area contributed by atoms with Gasteiger partial charge < -0.3 is 11.1 Å². The lowest BCUT2D eigenvalue weighted by molar-refractivity contribution is -0.117. The van der Waals surface area contributed by atoms with Crippen LogP contribution in [-0.4, -0.2) is 11.9 Å². The van der Waals surface area contributed by atoms with Crippen molar-refractivity contribution in [2.24, 2.45) is 5.73 Å². The summed E-state index contributed by atoms with van der Waals surface area (Å²) in [5.41, 5.74) is 6.09. The Morgan fingerprint density at radius 2 is 2.00 bits per heavy atom. The number of hydrogen-bond donors (Lipinski definition) is 2. The third-order valence-electron chi connectivity index (χ3n) is 2.19. The molecule has 0 saturated heterocycles. The lowest BCUT2D eigenvalue weighted by Crippen LogP contribution is -2.35. The molecule has 0 aliphatic rings. The van der Waals surface area contributed by atoms with E-state index in [2.05, 4.69) is 21.2 Å². The van der Waals surface area contributed by atoms with Crippen LogP contribution in [0, 0.1) is 0 Å². The minimum absolute atomic E-state index is 0.280. The highest BCUT2D eigenvalue weighted by molar-refractivity contribution is 9.10. The molecule has 3 N–H and O–H groups in total. The van der Waals surface area contributed by atoms with Gasteiger partial charge in [0.05, 0.1) is 21.8 Å². The van der Waals surface area contributed by atoms with E-state index < -0.39 is 6.04 Å². The molecule has 0 saturated carbocycles. The average molecular weight is 340 g/mol. The Bertz CT molecular complexity index is 403. The van der Waals surface area contributed by atoms with Crippen molar-refractivity contribution >= 4 is 50.7 Å². The van der Waals surface area contributed by atoms with Gasteiger partial charge in [-0.2, -0.15) is 0 Å². The quantitative estimate of drug-likeness (QED) is 0.876. The van der Waals surface area contributed by atoms with E-state index >= 15 is 0 Å². The van der Waals surface area contributed by atoms with Crippen molar-refractivity contribution in [2.75, 3.05) is 5.32 Å². The molecular formula is C11H13BrCl2N2O. The van der Waals surface area contributed by atoms with Crippen LogP contribution >= 0.6 is 39.1 Å². The molecule has 3 nitrogen and oxygen atoms in total. The molecular weight excluding hydrogens is 327 g/mol. The summed E-state index contributed by atoms with van der Waals surface area (Å²) in [6, 6.07) is 2.78. The van der Waals surface area contributed by atoms with E-state index in [9.17, 15) is 4.79 Å². The maximum Gasteiger partial charge on any atom is 0.241 e. The zero-order valence-corrected chi connectivity index (χ0v) is 12.4. The molecule has 0 unspecified atom stereocenters. The van der Waals surface area contributed by atoms with Gasteiger partial charge in [-0.05, 0) is 18.6 Å². The molecule has 6 heteroatoms. The van der Waals surface area contributed by atoms with Crippen molar-refractivity contribution in [3.05, 3.63) is 26.7 Å². The second kappa shape index (κ2) is 6.59. The van der Waals surface area contributed by atoms with Crippen molar-refractivity contribution in [3.8, 4) is 0 Å². The molecule has 0 heterocycles. The molecule has 1 amide bonds. The number of benzene rings is 1. The highest BCUT2D eigenvalue weighted by Gasteiger charge is 2.16. The van der Waals surface area contributed by atoms with Crippen LogP contribution in [0.4, 0.5) is 5.69 Å². The molecule has 0 aromatic heterocycles. The molecule has 0 fully saturated rings. The van der Waals surface area contributed by atoms with Crippen molar-refractivity contribution in [2.45, 2.75) is 25.8 Å². The Morgan fingerprint density at radius 3 is 2.47 bits per heavy atom. The normalized spacial score (nSPS) is 12.3. The van der Waals surface area contributed by atoms with Crippen LogP contribution in [-0.2, 0) is 4.79 Å². The summed E-state index contributed by atoms with van der Waals surface area (Å²) in [7, 11) is 0. The summed E-state index contributed by atoms with van der Waals surface area (Å²) >= 11 is 15.2. The second-order valence-electron chi connectivity index (χ2n) is 3.63. The number of rotatable bonds is 4. The Kier molecular flexibility index (Phi) is 5.73. The molecule has 1 aromatic carbocycles. The van der Waals surface area contributed by atoms with Crippen LogP contribution in [0.2, 0.25) is 10.0 Å².